The van der Waals surface area contributed by atoms with Gasteiger partial charge in [0.25, 0.3) is 0 Å². The van der Waals surface area contributed by atoms with Gasteiger partial charge in [-0.3, -0.25) is 4.79 Å². The molecule has 170 valence electrons. The largest absolute Gasteiger partial charge is 0.386 e. The van der Waals surface area contributed by atoms with Crippen molar-refractivity contribution in [1.29, 1.82) is 0 Å². The summed E-state index contributed by atoms with van der Waals surface area (Å²) in [6.45, 7) is 6.63. The van der Waals surface area contributed by atoms with E-state index in [2.05, 4.69) is 18.8 Å². The minimum absolute atomic E-state index is 0.0825. The number of piperidine rings is 1. The molecule has 0 spiro atoms. The van der Waals surface area contributed by atoms with E-state index < -0.39 is 6.10 Å². The van der Waals surface area contributed by atoms with Gasteiger partial charge >= 0.3 is 0 Å². The zero-order chi connectivity index (χ0) is 23.3. The lowest BCUT2D eigenvalue weighted by atomic mass is 9.81. The van der Waals surface area contributed by atoms with Crippen LogP contribution >= 0.6 is 0 Å². The van der Waals surface area contributed by atoms with Crippen LogP contribution in [0.2, 0.25) is 0 Å². The van der Waals surface area contributed by atoms with E-state index in [1.165, 1.54) is 6.07 Å². The summed E-state index contributed by atoms with van der Waals surface area (Å²) in [6.07, 6.45) is 5.85. The molecule has 0 unspecified atom stereocenters. The maximum absolute atomic E-state index is 14.8. The molecule has 5 rings (SSSR count). The van der Waals surface area contributed by atoms with Gasteiger partial charge in [-0.15, -0.1) is 0 Å². The molecule has 1 aliphatic carbocycles. The van der Waals surface area contributed by atoms with Crippen molar-refractivity contribution in [2.75, 3.05) is 6.54 Å². The van der Waals surface area contributed by atoms with E-state index in [4.69, 9.17) is 0 Å². The molecule has 2 heterocycles. The van der Waals surface area contributed by atoms with E-state index in [1.54, 1.807) is 29.2 Å². The highest BCUT2D eigenvalue weighted by atomic mass is 19.1. The Morgan fingerprint density at radius 3 is 2.70 bits per heavy atom. The van der Waals surface area contributed by atoms with Crippen molar-refractivity contribution in [3.05, 3.63) is 88.8 Å². The summed E-state index contributed by atoms with van der Waals surface area (Å²) in [4.78, 5) is 19.5. The van der Waals surface area contributed by atoms with Crippen LogP contribution in [-0.2, 0) is 10.2 Å². The highest BCUT2D eigenvalue weighted by Crippen LogP contribution is 2.48. The SMILES string of the molecule is Cc1cn(-c2ccc(/C=C3\CCCN([C@H]4[C@H](O)c5ccccc5C4(C)C)C3=O)cc2F)cn1. The molecule has 1 saturated heterocycles. The third-order valence-corrected chi connectivity index (χ3v) is 7.03. The fourth-order valence-corrected chi connectivity index (χ4v) is 5.43. The maximum atomic E-state index is 14.8. The lowest BCUT2D eigenvalue weighted by Gasteiger charge is -2.42. The molecule has 33 heavy (non-hydrogen) atoms. The van der Waals surface area contributed by atoms with Crippen molar-refractivity contribution >= 4 is 12.0 Å². The fraction of sp³-hybridized carbons (Fsp3) is 0.333. The Hall–Kier alpha value is -3.25. The van der Waals surface area contributed by atoms with Gasteiger partial charge in [-0.1, -0.05) is 44.2 Å². The molecule has 0 radical (unpaired) electrons. The van der Waals surface area contributed by atoms with E-state index >= 15 is 0 Å². The Bertz CT molecular complexity index is 1260. The zero-order valence-corrected chi connectivity index (χ0v) is 19.1. The third kappa shape index (κ3) is 3.59. The number of aryl methyl sites for hydroxylation is 1. The number of rotatable bonds is 3. The fourth-order valence-electron chi connectivity index (χ4n) is 5.43. The number of imidazole rings is 1. The minimum Gasteiger partial charge on any atom is -0.386 e. The van der Waals surface area contributed by atoms with Crippen LogP contribution in [0.15, 0.2) is 60.6 Å². The van der Waals surface area contributed by atoms with Crippen LogP contribution in [0.1, 0.15) is 55.2 Å². The van der Waals surface area contributed by atoms with Gasteiger partial charge in [0, 0.05) is 23.7 Å². The molecular formula is C27H28FN3O2. The molecule has 6 heteroatoms. The van der Waals surface area contributed by atoms with Crippen molar-refractivity contribution in [2.24, 2.45) is 0 Å². The number of hydrogen-bond donors (Lipinski definition) is 1. The standard InChI is InChI=1S/C27H28FN3O2/c1-17-15-30(16-29-17)23-11-10-18(14-22(23)28)13-19-7-6-12-31(26(19)33)25-24(32)20-8-4-5-9-21(20)27(25,2)3/h4-5,8-11,13-16,24-25,32H,6-7,12H2,1-3H3/b19-13+/t24-,25+/m1/s1. The van der Waals surface area contributed by atoms with E-state index in [-0.39, 0.29) is 23.2 Å². The monoisotopic (exact) mass is 445 g/mol. The molecule has 2 atom stereocenters. The molecule has 1 amide bonds. The van der Waals surface area contributed by atoms with Gasteiger partial charge in [-0.25, -0.2) is 9.37 Å². The van der Waals surface area contributed by atoms with Crippen LogP contribution in [-0.4, -0.2) is 38.1 Å². The summed E-state index contributed by atoms with van der Waals surface area (Å²) in [5.74, 6) is -0.453. The number of hydrogen-bond acceptors (Lipinski definition) is 3. The number of carbonyl (C=O) groups is 1. The smallest absolute Gasteiger partial charge is 0.250 e. The molecule has 1 aromatic heterocycles. The predicted molar refractivity (Wildman–Crippen MR) is 125 cm³/mol. The lowest BCUT2D eigenvalue weighted by Crippen LogP contribution is -2.52. The van der Waals surface area contributed by atoms with Gasteiger partial charge < -0.3 is 14.6 Å². The summed E-state index contributed by atoms with van der Waals surface area (Å²) in [6, 6.07) is 12.5. The lowest BCUT2D eigenvalue weighted by molar-refractivity contribution is -0.135. The summed E-state index contributed by atoms with van der Waals surface area (Å²) in [7, 11) is 0. The molecule has 2 aromatic carbocycles. The average molecular weight is 446 g/mol. The maximum Gasteiger partial charge on any atom is 0.250 e. The van der Waals surface area contributed by atoms with Crippen LogP contribution < -0.4 is 0 Å². The number of likely N-dealkylation sites (tertiary alicyclic amines) is 1. The first-order valence-corrected chi connectivity index (χ1v) is 11.4. The van der Waals surface area contributed by atoms with Crippen LogP contribution in [0.5, 0.6) is 0 Å². The van der Waals surface area contributed by atoms with Crippen molar-refractivity contribution in [2.45, 2.75) is 51.2 Å². The van der Waals surface area contributed by atoms with E-state index in [9.17, 15) is 14.3 Å². The molecule has 1 N–H and O–H groups in total. The van der Waals surface area contributed by atoms with Gasteiger partial charge in [0.1, 0.15) is 11.9 Å². The molecule has 1 fully saturated rings. The number of aliphatic hydroxyl groups is 1. The molecule has 3 aromatic rings. The number of fused-ring (bicyclic) bond motifs is 1. The molecule has 1 aliphatic heterocycles. The zero-order valence-electron chi connectivity index (χ0n) is 19.1. The van der Waals surface area contributed by atoms with Gasteiger partial charge in [0.05, 0.1) is 23.8 Å². The number of aliphatic hydroxyl groups excluding tert-OH is 1. The molecule has 0 bridgehead atoms. The van der Waals surface area contributed by atoms with Crippen molar-refractivity contribution < 1.29 is 14.3 Å². The normalized spacial score (nSPS) is 23.2. The topological polar surface area (TPSA) is 58.4 Å². The highest BCUT2D eigenvalue weighted by Gasteiger charge is 2.50. The van der Waals surface area contributed by atoms with E-state index in [1.807, 2.05) is 42.2 Å². The first-order chi connectivity index (χ1) is 15.8. The second-order valence-electron chi connectivity index (χ2n) is 9.60. The first-order valence-electron chi connectivity index (χ1n) is 11.4. The summed E-state index contributed by atoms with van der Waals surface area (Å²) >= 11 is 0. The summed E-state index contributed by atoms with van der Waals surface area (Å²) in [5.41, 5.74) is 4.13. The Kier molecular flexibility index (Phi) is 5.20. The highest BCUT2D eigenvalue weighted by molar-refractivity contribution is 5.99. The summed E-state index contributed by atoms with van der Waals surface area (Å²) < 4.78 is 16.5. The molecule has 5 nitrogen and oxygen atoms in total. The predicted octanol–water partition coefficient (Wildman–Crippen LogP) is 4.72. The van der Waals surface area contributed by atoms with Crippen LogP contribution in [0.3, 0.4) is 0 Å². The second-order valence-corrected chi connectivity index (χ2v) is 9.60. The van der Waals surface area contributed by atoms with Gasteiger partial charge in [0.2, 0.25) is 5.91 Å². The Morgan fingerprint density at radius 2 is 2.00 bits per heavy atom. The molecular weight excluding hydrogens is 417 g/mol. The number of carbonyl (C=O) groups excluding carboxylic acids is 1. The summed E-state index contributed by atoms with van der Waals surface area (Å²) in [5, 5.41) is 11.1. The van der Waals surface area contributed by atoms with Gasteiger partial charge in [-0.05, 0) is 54.7 Å². The Labute approximate surface area is 193 Å². The number of aromatic nitrogens is 2. The molecule has 2 aliphatic rings. The van der Waals surface area contributed by atoms with E-state index in [0.29, 0.717) is 29.8 Å². The quantitative estimate of drug-likeness (QED) is 0.594. The van der Waals surface area contributed by atoms with Crippen molar-refractivity contribution in [1.82, 2.24) is 14.5 Å². The van der Waals surface area contributed by atoms with Gasteiger partial charge in [0.15, 0.2) is 0 Å². The average Bonchev–Trinajstić information content (AvgIpc) is 3.29. The number of amides is 1. The van der Waals surface area contributed by atoms with Crippen LogP contribution in [0.25, 0.3) is 11.8 Å². The van der Waals surface area contributed by atoms with Crippen molar-refractivity contribution in [3.8, 4) is 5.69 Å². The van der Waals surface area contributed by atoms with Crippen LogP contribution in [0, 0.1) is 12.7 Å². The van der Waals surface area contributed by atoms with Crippen molar-refractivity contribution in [3.63, 3.8) is 0 Å². The second kappa shape index (κ2) is 7.96. The number of benzene rings is 2. The van der Waals surface area contributed by atoms with E-state index in [0.717, 1.165) is 23.2 Å². The third-order valence-electron chi connectivity index (χ3n) is 7.03. The Balaban J connectivity index is 1.43. The minimum atomic E-state index is -0.727. The number of nitrogens with zero attached hydrogens (tertiary/aromatic N) is 3. The first kappa shape index (κ1) is 21.6. The Morgan fingerprint density at radius 1 is 1.21 bits per heavy atom. The number of halogens is 1. The van der Waals surface area contributed by atoms with Gasteiger partial charge in [-0.2, -0.15) is 0 Å². The molecule has 0 saturated carbocycles. The van der Waals surface area contributed by atoms with Crippen LogP contribution in [0.4, 0.5) is 4.39 Å².